The maximum absolute atomic E-state index is 14.0. The Kier molecular flexibility index (Phi) is 6.76. The predicted molar refractivity (Wildman–Crippen MR) is 121 cm³/mol. The second-order valence-corrected chi connectivity index (χ2v) is 8.04. The van der Waals surface area contributed by atoms with E-state index in [9.17, 15) is 18.0 Å². The molecular formula is C24H26F3N5O2. The van der Waals surface area contributed by atoms with Crippen LogP contribution in [0.15, 0.2) is 36.8 Å². The molecule has 1 amide bonds. The summed E-state index contributed by atoms with van der Waals surface area (Å²) >= 11 is 0. The maximum Gasteiger partial charge on any atom is 0.264 e. The topological polar surface area (TPSA) is 72.3 Å². The van der Waals surface area contributed by atoms with E-state index in [2.05, 4.69) is 15.3 Å². The van der Waals surface area contributed by atoms with Crippen molar-refractivity contribution in [2.75, 3.05) is 25.5 Å². The first-order valence-corrected chi connectivity index (χ1v) is 11.1. The number of carbonyl (C=O) groups is 1. The Morgan fingerprint density at radius 3 is 2.74 bits per heavy atom. The number of aromatic nitrogens is 3. The van der Waals surface area contributed by atoms with E-state index in [0.29, 0.717) is 22.8 Å². The fourth-order valence-electron chi connectivity index (χ4n) is 4.32. The molecule has 1 aliphatic heterocycles. The quantitative estimate of drug-likeness (QED) is 0.518. The van der Waals surface area contributed by atoms with Crippen molar-refractivity contribution in [3.63, 3.8) is 0 Å². The molecule has 0 aliphatic carbocycles. The molecule has 1 aliphatic rings. The molecule has 0 spiro atoms. The highest BCUT2D eigenvalue weighted by molar-refractivity contribution is 5.97. The lowest BCUT2D eigenvalue weighted by Gasteiger charge is -2.34. The molecule has 0 fully saturated rings. The van der Waals surface area contributed by atoms with Crippen LogP contribution in [0.1, 0.15) is 59.1 Å². The third kappa shape index (κ3) is 4.44. The normalized spacial score (nSPS) is 14.3. The summed E-state index contributed by atoms with van der Waals surface area (Å²) in [5, 5.41) is 2.95. The van der Waals surface area contributed by atoms with Crippen LogP contribution in [-0.4, -0.2) is 45.5 Å². The highest BCUT2D eigenvalue weighted by atomic mass is 19.3. The molecule has 1 aromatic carbocycles. The lowest BCUT2D eigenvalue weighted by Crippen LogP contribution is -2.40. The van der Waals surface area contributed by atoms with Gasteiger partial charge in [-0.15, -0.1) is 0 Å². The highest BCUT2D eigenvalue weighted by Gasteiger charge is 2.33. The number of fused-ring (bicyclic) bond motifs is 1. The SMILES string of the molecule is CCOc1cc([C@H](C)N2CCc3c(cc(Cn4ccnc4NC)cc3C(F)F)C2=O)ncc1F. The summed E-state index contributed by atoms with van der Waals surface area (Å²) in [6.07, 6.45) is 2.00. The van der Waals surface area contributed by atoms with E-state index in [0.717, 1.165) is 6.20 Å². The van der Waals surface area contributed by atoms with Crippen molar-refractivity contribution in [2.24, 2.45) is 0 Å². The monoisotopic (exact) mass is 473 g/mol. The molecule has 34 heavy (non-hydrogen) atoms. The number of benzene rings is 1. The summed E-state index contributed by atoms with van der Waals surface area (Å²) in [6, 6.07) is 4.12. The van der Waals surface area contributed by atoms with Crippen LogP contribution in [0.3, 0.4) is 0 Å². The Balaban J connectivity index is 1.68. The summed E-state index contributed by atoms with van der Waals surface area (Å²) in [5.41, 5.74) is 1.53. The summed E-state index contributed by atoms with van der Waals surface area (Å²) < 4.78 is 48.9. The Morgan fingerprint density at radius 2 is 2.03 bits per heavy atom. The summed E-state index contributed by atoms with van der Waals surface area (Å²) in [6.45, 7) is 4.34. The van der Waals surface area contributed by atoms with Crippen molar-refractivity contribution in [3.8, 4) is 5.75 Å². The third-order valence-electron chi connectivity index (χ3n) is 6.00. The Morgan fingerprint density at radius 1 is 1.24 bits per heavy atom. The number of nitrogens with one attached hydrogen (secondary N) is 1. The number of pyridine rings is 1. The third-order valence-corrected chi connectivity index (χ3v) is 6.00. The van der Waals surface area contributed by atoms with Crippen LogP contribution in [0.4, 0.5) is 19.1 Å². The van der Waals surface area contributed by atoms with Crippen LogP contribution in [0.2, 0.25) is 0 Å². The van der Waals surface area contributed by atoms with Gasteiger partial charge in [-0.1, -0.05) is 0 Å². The van der Waals surface area contributed by atoms with Gasteiger partial charge in [-0.2, -0.15) is 0 Å². The number of halogens is 3. The molecule has 1 N–H and O–H groups in total. The average molecular weight is 473 g/mol. The zero-order chi connectivity index (χ0) is 24.4. The molecule has 0 unspecified atom stereocenters. The standard InChI is InChI=1S/C24H26F3N5O2/c1-4-34-21-11-20(30-12-19(21)25)14(2)32-7-5-16-17(22(26)27)9-15(10-18(16)23(32)33)13-31-8-6-29-24(31)28-3/h6,8-12,14,22H,4-5,7,13H2,1-3H3,(H,28,29)/t14-/m0/s1. The van der Waals surface area contributed by atoms with Crippen molar-refractivity contribution < 1.29 is 22.7 Å². The summed E-state index contributed by atoms with van der Waals surface area (Å²) in [7, 11) is 1.72. The summed E-state index contributed by atoms with van der Waals surface area (Å²) in [5.74, 6) is -0.293. The molecule has 2 aromatic heterocycles. The predicted octanol–water partition coefficient (Wildman–Crippen LogP) is 4.60. The summed E-state index contributed by atoms with van der Waals surface area (Å²) in [4.78, 5) is 23.4. The van der Waals surface area contributed by atoms with Crippen LogP contribution in [0.25, 0.3) is 0 Å². The number of hydrogen-bond acceptors (Lipinski definition) is 5. The van der Waals surface area contributed by atoms with E-state index in [4.69, 9.17) is 4.74 Å². The molecule has 7 nitrogen and oxygen atoms in total. The first-order chi connectivity index (χ1) is 16.3. The Labute approximate surface area is 195 Å². The first-order valence-electron chi connectivity index (χ1n) is 11.1. The Hall–Kier alpha value is -3.56. The van der Waals surface area contributed by atoms with Crippen molar-refractivity contribution >= 4 is 11.9 Å². The molecule has 3 aromatic rings. The van der Waals surface area contributed by atoms with Gasteiger partial charge in [-0.3, -0.25) is 9.78 Å². The number of anilines is 1. The lowest BCUT2D eigenvalue weighted by molar-refractivity contribution is 0.0665. The molecule has 180 valence electrons. The highest BCUT2D eigenvalue weighted by Crippen LogP contribution is 2.34. The van der Waals surface area contributed by atoms with Gasteiger partial charge >= 0.3 is 0 Å². The van der Waals surface area contributed by atoms with Crippen molar-refractivity contribution in [1.82, 2.24) is 19.4 Å². The number of imidazole rings is 1. The molecular weight excluding hydrogens is 447 g/mol. The Bertz CT molecular complexity index is 1200. The van der Waals surface area contributed by atoms with Crippen molar-refractivity contribution in [3.05, 3.63) is 70.6 Å². The maximum atomic E-state index is 14.0. The second kappa shape index (κ2) is 9.74. The van der Waals surface area contributed by atoms with E-state index >= 15 is 0 Å². The van der Waals surface area contributed by atoms with Gasteiger partial charge in [0.25, 0.3) is 12.3 Å². The largest absolute Gasteiger partial charge is 0.491 e. The second-order valence-electron chi connectivity index (χ2n) is 8.04. The number of carbonyl (C=O) groups excluding carboxylic acids is 1. The number of ether oxygens (including phenoxy) is 1. The van der Waals surface area contributed by atoms with Gasteiger partial charge in [0.15, 0.2) is 11.6 Å². The molecule has 1 atom stereocenters. The minimum atomic E-state index is -2.70. The van der Waals surface area contributed by atoms with Gasteiger partial charge in [0.2, 0.25) is 5.95 Å². The molecule has 3 heterocycles. The molecule has 10 heteroatoms. The van der Waals surface area contributed by atoms with Gasteiger partial charge in [0, 0.05) is 43.2 Å². The molecule has 4 rings (SSSR count). The molecule has 0 saturated heterocycles. The van der Waals surface area contributed by atoms with Crippen molar-refractivity contribution in [1.29, 1.82) is 0 Å². The molecule has 0 radical (unpaired) electrons. The zero-order valence-corrected chi connectivity index (χ0v) is 19.2. The average Bonchev–Trinajstić information content (AvgIpc) is 3.27. The fourth-order valence-corrected chi connectivity index (χ4v) is 4.32. The minimum absolute atomic E-state index is 0.0622. The number of amides is 1. The zero-order valence-electron chi connectivity index (χ0n) is 19.2. The van der Waals surface area contributed by atoms with Crippen LogP contribution in [0, 0.1) is 5.82 Å². The number of nitrogens with zero attached hydrogens (tertiary/aromatic N) is 4. The fraction of sp³-hybridized carbons (Fsp3) is 0.375. The number of rotatable bonds is 8. The van der Waals surface area contributed by atoms with Crippen LogP contribution >= 0.6 is 0 Å². The van der Waals surface area contributed by atoms with Gasteiger partial charge in [0.05, 0.1) is 31.1 Å². The first kappa shape index (κ1) is 23.6. The van der Waals surface area contributed by atoms with E-state index in [1.165, 1.54) is 12.1 Å². The minimum Gasteiger partial charge on any atom is -0.491 e. The number of alkyl halides is 2. The molecule has 0 saturated carbocycles. The van der Waals surface area contributed by atoms with Crippen LogP contribution in [-0.2, 0) is 13.0 Å². The van der Waals surface area contributed by atoms with E-state index in [-0.39, 0.29) is 48.9 Å². The van der Waals surface area contributed by atoms with Crippen molar-refractivity contribution in [2.45, 2.75) is 39.3 Å². The number of hydrogen-bond donors (Lipinski definition) is 1. The van der Waals surface area contributed by atoms with Gasteiger partial charge in [0.1, 0.15) is 0 Å². The molecule has 0 bridgehead atoms. The van der Waals surface area contributed by atoms with Crippen LogP contribution < -0.4 is 10.1 Å². The van der Waals surface area contributed by atoms with E-state index in [1.807, 2.05) is 0 Å². The lowest BCUT2D eigenvalue weighted by atomic mass is 9.90. The van der Waals surface area contributed by atoms with E-state index in [1.54, 1.807) is 48.8 Å². The van der Waals surface area contributed by atoms with Gasteiger partial charge in [-0.25, -0.2) is 18.2 Å². The van der Waals surface area contributed by atoms with E-state index < -0.39 is 18.3 Å². The van der Waals surface area contributed by atoms with Gasteiger partial charge < -0.3 is 19.5 Å². The smallest absolute Gasteiger partial charge is 0.264 e. The van der Waals surface area contributed by atoms with Gasteiger partial charge in [-0.05, 0) is 43.5 Å². The van der Waals surface area contributed by atoms with Crippen LogP contribution in [0.5, 0.6) is 5.75 Å².